The minimum Gasteiger partial charge on any atom is -0.508 e. The fourth-order valence-corrected chi connectivity index (χ4v) is 2.44. The lowest BCUT2D eigenvalue weighted by molar-refractivity contribution is -0.148. The van der Waals surface area contributed by atoms with Crippen LogP contribution in [0.3, 0.4) is 0 Å². The maximum absolute atomic E-state index is 12.1. The molecule has 0 aliphatic carbocycles. The number of phenolic OH excluding ortho intramolecular Hbond substituents is 1. The van der Waals surface area contributed by atoms with Gasteiger partial charge in [-0.1, -0.05) is 12.1 Å². The number of benzene rings is 1. The minimum atomic E-state index is -1.00. The summed E-state index contributed by atoms with van der Waals surface area (Å²) in [6.07, 6.45) is 2.16. The second-order valence-corrected chi connectivity index (χ2v) is 5.18. The van der Waals surface area contributed by atoms with E-state index in [1.54, 1.807) is 31.2 Å². The van der Waals surface area contributed by atoms with Gasteiger partial charge in [0.1, 0.15) is 11.3 Å². The number of methoxy groups -OCH3 is 1. The first kappa shape index (κ1) is 14.8. The van der Waals surface area contributed by atoms with Gasteiger partial charge < -0.3 is 14.6 Å². The number of esters is 1. The first-order chi connectivity index (χ1) is 9.56. The van der Waals surface area contributed by atoms with Gasteiger partial charge >= 0.3 is 5.97 Å². The van der Waals surface area contributed by atoms with Crippen LogP contribution in [0, 0.1) is 0 Å². The Hall–Kier alpha value is -1.59. The molecular formula is C15H21NO4. The van der Waals surface area contributed by atoms with Crippen molar-refractivity contribution in [3.8, 4) is 5.75 Å². The Morgan fingerprint density at radius 3 is 3.00 bits per heavy atom. The summed E-state index contributed by atoms with van der Waals surface area (Å²) in [5.74, 6) is -0.266. The summed E-state index contributed by atoms with van der Waals surface area (Å²) in [5, 5.41) is 12.8. The summed E-state index contributed by atoms with van der Waals surface area (Å²) in [5.41, 5.74) is -0.332. The summed E-state index contributed by atoms with van der Waals surface area (Å²) in [7, 11) is 1.36. The predicted octanol–water partition coefficient (Wildman–Crippen LogP) is 1.55. The van der Waals surface area contributed by atoms with Crippen molar-refractivity contribution in [2.45, 2.75) is 31.4 Å². The zero-order chi connectivity index (χ0) is 14.6. The van der Waals surface area contributed by atoms with Gasteiger partial charge in [-0.25, -0.2) is 4.79 Å². The maximum Gasteiger partial charge on any atom is 0.330 e. The average molecular weight is 279 g/mol. The normalized spacial score (nSPS) is 21.4. The van der Waals surface area contributed by atoms with Crippen molar-refractivity contribution in [2.24, 2.45) is 0 Å². The van der Waals surface area contributed by atoms with Crippen molar-refractivity contribution in [1.82, 2.24) is 5.32 Å². The summed E-state index contributed by atoms with van der Waals surface area (Å²) in [4.78, 5) is 12.1. The van der Waals surface area contributed by atoms with E-state index in [9.17, 15) is 9.90 Å². The molecule has 5 nitrogen and oxygen atoms in total. The molecule has 0 radical (unpaired) electrons. The zero-order valence-corrected chi connectivity index (χ0v) is 11.9. The summed E-state index contributed by atoms with van der Waals surface area (Å²) >= 11 is 0. The van der Waals surface area contributed by atoms with Crippen LogP contribution >= 0.6 is 0 Å². The van der Waals surface area contributed by atoms with Gasteiger partial charge in [0.25, 0.3) is 0 Å². The molecule has 110 valence electrons. The molecule has 0 bridgehead atoms. The second kappa shape index (κ2) is 6.24. The molecule has 5 heteroatoms. The number of carbonyl (C=O) groups excluding carboxylic acids is 1. The van der Waals surface area contributed by atoms with E-state index >= 15 is 0 Å². The topological polar surface area (TPSA) is 67.8 Å². The first-order valence-corrected chi connectivity index (χ1v) is 6.81. The van der Waals surface area contributed by atoms with E-state index in [0.29, 0.717) is 12.1 Å². The van der Waals surface area contributed by atoms with Crippen LogP contribution in [0.15, 0.2) is 24.3 Å². The fourth-order valence-electron chi connectivity index (χ4n) is 2.44. The Bertz CT molecular complexity index is 471. The highest BCUT2D eigenvalue weighted by Gasteiger charge is 2.37. The van der Waals surface area contributed by atoms with Crippen LogP contribution in [-0.2, 0) is 19.8 Å². The number of phenols is 1. The quantitative estimate of drug-likeness (QED) is 0.800. The average Bonchev–Trinajstić information content (AvgIpc) is 2.97. The molecule has 2 N–H and O–H groups in total. The van der Waals surface area contributed by atoms with E-state index in [4.69, 9.17) is 9.47 Å². The number of carbonyl (C=O) groups is 1. The van der Waals surface area contributed by atoms with Gasteiger partial charge in [0, 0.05) is 13.2 Å². The third kappa shape index (κ3) is 3.11. The maximum atomic E-state index is 12.1. The Morgan fingerprint density at radius 1 is 1.60 bits per heavy atom. The fraction of sp³-hybridized carbons (Fsp3) is 0.533. The zero-order valence-electron chi connectivity index (χ0n) is 11.9. The van der Waals surface area contributed by atoms with Crippen LogP contribution in [0.5, 0.6) is 5.75 Å². The van der Waals surface area contributed by atoms with E-state index in [-0.39, 0.29) is 17.8 Å². The summed E-state index contributed by atoms with van der Waals surface area (Å²) in [6.45, 7) is 3.09. The SMILES string of the molecule is COC(=O)C(C)(NCC1CCCO1)c1cccc(O)c1. The lowest BCUT2D eigenvalue weighted by atomic mass is 9.91. The molecule has 0 spiro atoms. The molecule has 1 fully saturated rings. The first-order valence-electron chi connectivity index (χ1n) is 6.81. The van der Waals surface area contributed by atoms with Crippen LogP contribution in [0.2, 0.25) is 0 Å². The molecular weight excluding hydrogens is 258 g/mol. The van der Waals surface area contributed by atoms with E-state index in [2.05, 4.69) is 5.32 Å². The van der Waals surface area contributed by atoms with E-state index < -0.39 is 5.54 Å². The van der Waals surface area contributed by atoms with Crippen LogP contribution in [0.25, 0.3) is 0 Å². The molecule has 1 aromatic carbocycles. The Kier molecular flexibility index (Phi) is 4.62. The molecule has 1 heterocycles. The molecule has 1 aliphatic heterocycles. The smallest absolute Gasteiger partial charge is 0.330 e. The second-order valence-electron chi connectivity index (χ2n) is 5.18. The number of rotatable bonds is 5. The van der Waals surface area contributed by atoms with Crippen molar-refractivity contribution in [1.29, 1.82) is 0 Å². The van der Waals surface area contributed by atoms with Crippen molar-refractivity contribution in [3.05, 3.63) is 29.8 Å². The van der Waals surface area contributed by atoms with E-state index in [1.165, 1.54) is 7.11 Å². The summed E-state index contributed by atoms with van der Waals surface area (Å²) in [6, 6.07) is 6.64. The van der Waals surface area contributed by atoms with Gasteiger partial charge in [-0.15, -0.1) is 0 Å². The third-order valence-corrected chi connectivity index (χ3v) is 3.72. The minimum absolute atomic E-state index is 0.122. The monoisotopic (exact) mass is 279 g/mol. The molecule has 2 unspecified atom stereocenters. The number of hydrogen-bond acceptors (Lipinski definition) is 5. The van der Waals surface area contributed by atoms with Gasteiger partial charge in [-0.2, -0.15) is 0 Å². The Morgan fingerprint density at radius 2 is 2.40 bits per heavy atom. The van der Waals surface area contributed by atoms with E-state index in [1.807, 2.05) is 0 Å². The van der Waals surface area contributed by atoms with Crippen LogP contribution in [0.1, 0.15) is 25.3 Å². The number of aromatic hydroxyl groups is 1. The van der Waals surface area contributed by atoms with Crippen molar-refractivity contribution < 1.29 is 19.4 Å². The molecule has 1 aromatic rings. The third-order valence-electron chi connectivity index (χ3n) is 3.72. The van der Waals surface area contributed by atoms with Crippen molar-refractivity contribution in [2.75, 3.05) is 20.3 Å². The highest BCUT2D eigenvalue weighted by molar-refractivity contribution is 5.82. The van der Waals surface area contributed by atoms with Crippen molar-refractivity contribution in [3.63, 3.8) is 0 Å². The Balaban J connectivity index is 2.18. The molecule has 0 amide bonds. The lowest BCUT2D eigenvalue weighted by Crippen LogP contribution is -2.49. The molecule has 0 aromatic heterocycles. The largest absolute Gasteiger partial charge is 0.508 e. The Labute approximate surface area is 118 Å². The molecule has 2 rings (SSSR count). The van der Waals surface area contributed by atoms with Gasteiger partial charge in [-0.05, 0) is 37.5 Å². The lowest BCUT2D eigenvalue weighted by Gasteiger charge is -2.29. The standard InChI is InChI=1S/C15H21NO4/c1-15(14(18)19-2,11-5-3-6-12(17)9-11)16-10-13-7-4-8-20-13/h3,5-6,9,13,16-17H,4,7-8,10H2,1-2H3. The number of nitrogens with one attached hydrogen (secondary N) is 1. The van der Waals surface area contributed by atoms with Crippen LogP contribution in [0.4, 0.5) is 0 Å². The van der Waals surface area contributed by atoms with Gasteiger partial charge in [-0.3, -0.25) is 5.32 Å². The number of ether oxygens (including phenoxy) is 2. The van der Waals surface area contributed by atoms with Gasteiger partial charge in [0.05, 0.1) is 13.2 Å². The molecule has 2 atom stereocenters. The molecule has 0 saturated carbocycles. The van der Waals surface area contributed by atoms with Crippen molar-refractivity contribution >= 4 is 5.97 Å². The van der Waals surface area contributed by atoms with Crippen LogP contribution in [-0.4, -0.2) is 37.4 Å². The molecule has 1 saturated heterocycles. The van der Waals surface area contributed by atoms with E-state index in [0.717, 1.165) is 19.4 Å². The molecule has 1 aliphatic rings. The summed E-state index contributed by atoms with van der Waals surface area (Å²) < 4.78 is 10.5. The molecule has 20 heavy (non-hydrogen) atoms. The highest BCUT2D eigenvalue weighted by atomic mass is 16.5. The number of hydrogen-bond donors (Lipinski definition) is 2. The predicted molar refractivity (Wildman–Crippen MR) is 74.5 cm³/mol. The van der Waals surface area contributed by atoms with Crippen LogP contribution < -0.4 is 5.32 Å². The van der Waals surface area contributed by atoms with Gasteiger partial charge in [0.2, 0.25) is 0 Å². The van der Waals surface area contributed by atoms with Gasteiger partial charge in [0.15, 0.2) is 0 Å². The highest BCUT2D eigenvalue weighted by Crippen LogP contribution is 2.26.